The molecule has 5 atom stereocenters. The molecule has 6 N–H and O–H groups in total. The molecule has 2 unspecified atom stereocenters. The predicted octanol–water partition coefficient (Wildman–Crippen LogP) is 5.71. The lowest BCUT2D eigenvalue weighted by Crippen LogP contribution is -2.55. The monoisotopic (exact) mass is 1040 g/mol. The van der Waals surface area contributed by atoms with E-state index in [0.29, 0.717) is 83.0 Å². The van der Waals surface area contributed by atoms with Crippen molar-refractivity contribution in [2.45, 2.75) is 82.3 Å². The lowest BCUT2D eigenvalue weighted by Gasteiger charge is -2.45. The van der Waals surface area contributed by atoms with Gasteiger partial charge in [-0.2, -0.15) is 4.31 Å². The van der Waals surface area contributed by atoms with Gasteiger partial charge < -0.3 is 40.7 Å². The Morgan fingerprint density at radius 3 is 2.38 bits per heavy atom. The molecule has 9 rings (SSSR count). The third-order valence-corrected chi connectivity index (χ3v) is 18.0. The number of carbonyl (C=O) groups is 7. The van der Waals surface area contributed by atoms with Crippen molar-refractivity contribution in [1.29, 1.82) is 0 Å². The zero-order valence-electron chi connectivity index (χ0n) is 39.4. The SMILES string of the molecule is CC1(C)C[C@@H](Nc2cccc(-c3sc(C(=O)O)c(OCC(=O)O)c3Cl)c2)CCN1S(=O)(=O)Cc1cccc(NC(=O)C2C[C@@H]3CN(C(=O)CNc4cccc5c4CN(C4CCC(=O)NC4=O)C5=O)C[C@@H]3C2)c1. The number of thiophene rings is 1. The van der Waals surface area contributed by atoms with Crippen molar-refractivity contribution in [2.24, 2.45) is 17.8 Å². The summed E-state index contributed by atoms with van der Waals surface area (Å²) in [6.07, 6.45) is 2.61. The van der Waals surface area contributed by atoms with Gasteiger partial charge in [-0.25, -0.2) is 18.0 Å². The van der Waals surface area contributed by atoms with Crippen LogP contribution in [0, 0.1) is 17.8 Å². The van der Waals surface area contributed by atoms with Gasteiger partial charge in [-0.3, -0.25) is 29.3 Å². The van der Waals surface area contributed by atoms with E-state index in [2.05, 4.69) is 21.3 Å². The number of carboxylic acid groups (broad SMARTS) is 2. The van der Waals surface area contributed by atoms with E-state index in [4.69, 9.17) is 21.4 Å². The van der Waals surface area contributed by atoms with E-state index < -0.39 is 46.1 Å². The first-order valence-electron chi connectivity index (χ1n) is 23.7. The molecule has 4 fully saturated rings. The highest BCUT2D eigenvalue weighted by molar-refractivity contribution is 7.88. The number of carboxylic acids is 2. The van der Waals surface area contributed by atoms with Crippen molar-refractivity contribution >= 4 is 91.5 Å². The van der Waals surface area contributed by atoms with E-state index in [-0.39, 0.29) is 101 Å². The van der Waals surface area contributed by atoms with Crippen LogP contribution < -0.4 is 26.0 Å². The van der Waals surface area contributed by atoms with Crippen LogP contribution in [0.5, 0.6) is 5.75 Å². The number of sulfonamides is 1. The molecule has 5 amide bonds. The van der Waals surface area contributed by atoms with Crippen LogP contribution in [0.4, 0.5) is 17.1 Å². The van der Waals surface area contributed by atoms with Gasteiger partial charge in [0.2, 0.25) is 33.7 Å². The highest BCUT2D eigenvalue weighted by Gasteiger charge is 2.46. The number of carbonyl (C=O) groups excluding carboxylic acids is 5. The van der Waals surface area contributed by atoms with E-state index in [1.165, 1.54) is 9.21 Å². The number of aromatic carboxylic acids is 1. The van der Waals surface area contributed by atoms with Crippen LogP contribution in [0.2, 0.25) is 5.02 Å². The van der Waals surface area contributed by atoms with Gasteiger partial charge in [-0.1, -0.05) is 41.9 Å². The zero-order valence-corrected chi connectivity index (χ0v) is 41.8. The van der Waals surface area contributed by atoms with Gasteiger partial charge in [0, 0.05) is 78.3 Å². The molecule has 1 aromatic heterocycles. The van der Waals surface area contributed by atoms with Crippen LogP contribution in [-0.2, 0) is 46.3 Å². The van der Waals surface area contributed by atoms with Crippen LogP contribution in [0.3, 0.4) is 0 Å². The Labute approximate surface area is 424 Å². The van der Waals surface area contributed by atoms with Gasteiger partial charge in [0.1, 0.15) is 11.1 Å². The fraction of sp³-hybridized carbons (Fsp3) is 0.420. The van der Waals surface area contributed by atoms with Crippen molar-refractivity contribution in [3.63, 3.8) is 0 Å². The Hall–Kier alpha value is -6.55. The van der Waals surface area contributed by atoms with Gasteiger partial charge in [0.05, 0.1) is 17.2 Å². The van der Waals surface area contributed by atoms with Crippen LogP contribution >= 0.6 is 22.9 Å². The standard InChI is InChI=1S/C50H54ClN7O12S2/c1-50(2)20-34(53-33-9-4-7-28(19-33)44-42(51)43(70-25-41(61)62)45(71-44)49(66)67)14-15-58(50)72(68,69)26-27-6-3-8-32(16-27)54-46(63)29-17-30-22-56(23-31(30)18-29)40(60)21-52-37-11-5-10-35-36(37)24-57(48(35)65)38-12-13-39(59)55-47(38)64/h3-11,16,19,29-31,34,38,52-53H,12-15,17-18,20-26H2,1-2H3,(H,54,63)(H,61,62)(H,66,67)(H,55,59,64)/t29?,30-,31+,34-,38?/m0/s1. The summed E-state index contributed by atoms with van der Waals surface area (Å²) >= 11 is 7.40. The second kappa shape index (κ2) is 20.2. The number of amides is 5. The third-order valence-electron chi connectivity index (χ3n) is 14.3. The van der Waals surface area contributed by atoms with Gasteiger partial charge in [0.25, 0.3) is 5.91 Å². The Morgan fingerprint density at radius 2 is 1.67 bits per heavy atom. The normalized spacial score (nSPS) is 22.8. The highest BCUT2D eigenvalue weighted by Crippen LogP contribution is 2.47. The predicted molar refractivity (Wildman–Crippen MR) is 267 cm³/mol. The summed E-state index contributed by atoms with van der Waals surface area (Å²) in [4.78, 5) is 91.0. The van der Waals surface area contributed by atoms with Crippen molar-refractivity contribution in [3.8, 4) is 16.2 Å². The van der Waals surface area contributed by atoms with E-state index in [0.717, 1.165) is 11.3 Å². The molecule has 3 saturated heterocycles. The second-order valence-electron chi connectivity index (χ2n) is 19.7. The number of hydrogen-bond donors (Lipinski definition) is 6. The Bertz CT molecular complexity index is 2990. The molecule has 19 nitrogen and oxygen atoms in total. The zero-order chi connectivity index (χ0) is 51.2. The third kappa shape index (κ3) is 10.5. The second-order valence-corrected chi connectivity index (χ2v) is 23.0. The summed E-state index contributed by atoms with van der Waals surface area (Å²) in [6, 6.07) is 18.4. The Kier molecular flexibility index (Phi) is 14.1. The molecule has 1 saturated carbocycles. The Morgan fingerprint density at radius 1 is 0.944 bits per heavy atom. The highest BCUT2D eigenvalue weighted by atomic mass is 35.5. The molecular formula is C50H54ClN7O12S2. The topological polar surface area (TPSA) is 261 Å². The minimum Gasteiger partial charge on any atom is -0.479 e. The van der Waals surface area contributed by atoms with Crippen molar-refractivity contribution in [2.75, 3.05) is 48.7 Å². The summed E-state index contributed by atoms with van der Waals surface area (Å²) in [7, 11) is -3.82. The van der Waals surface area contributed by atoms with Crippen molar-refractivity contribution in [1.82, 2.24) is 19.4 Å². The number of piperidine rings is 2. The Balaban J connectivity index is 0.747. The van der Waals surface area contributed by atoms with Crippen LogP contribution in [-0.4, -0.2) is 125 Å². The quantitative estimate of drug-likeness (QED) is 0.0735. The molecular weight excluding hydrogens is 990 g/mol. The maximum absolute atomic E-state index is 14.1. The summed E-state index contributed by atoms with van der Waals surface area (Å²) in [5.74, 6) is -4.41. The number of imide groups is 1. The maximum Gasteiger partial charge on any atom is 0.349 e. The molecule has 1 aliphatic carbocycles. The van der Waals surface area contributed by atoms with Gasteiger partial charge in [-0.15, -0.1) is 11.3 Å². The molecule has 0 bridgehead atoms. The van der Waals surface area contributed by atoms with Crippen molar-refractivity contribution in [3.05, 3.63) is 93.3 Å². The number of aliphatic carboxylic acids is 1. The van der Waals surface area contributed by atoms with Crippen LogP contribution in [0.25, 0.3) is 10.4 Å². The number of halogens is 1. The lowest BCUT2D eigenvalue weighted by atomic mass is 9.89. The van der Waals surface area contributed by atoms with Crippen LogP contribution in [0.1, 0.15) is 83.5 Å². The number of likely N-dealkylation sites (tertiary alicyclic amines) is 1. The number of anilines is 3. The minimum absolute atomic E-state index is 0.00618. The fourth-order valence-electron chi connectivity index (χ4n) is 11.0. The summed E-state index contributed by atoms with van der Waals surface area (Å²) < 4.78 is 34.9. The molecule has 72 heavy (non-hydrogen) atoms. The fourth-order valence-corrected chi connectivity index (χ4v) is 14.4. The lowest BCUT2D eigenvalue weighted by molar-refractivity contribution is -0.139. The average Bonchev–Trinajstić information content (AvgIpc) is 4.08. The largest absolute Gasteiger partial charge is 0.479 e. The van der Waals surface area contributed by atoms with E-state index in [1.807, 2.05) is 24.8 Å². The molecule has 3 aromatic carbocycles. The number of nitrogens with one attached hydrogen (secondary N) is 4. The van der Waals surface area contributed by atoms with Gasteiger partial charge >= 0.3 is 11.9 Å². The number of ether oxygens (including phenoxy) is 1. The minimum atomic E-state index is -3.82. The summed E-state index contributed by atoms with van der Waals surface area (Å²) in [5.41, 5.74) is 3.34. The first kappa shape index (κ1) is 50.4. The molecule has 5 heterocycles. The number of rotatable bonds is 16. The first-order chi connectivity index (χ1) is 34.2. The smallest absolute Gasteiger partial charge is 0.349 e. The maximum atomic E-state index is 14.1. The van der Waals surface area contributed by atoms with Crippen LogP contribution in [0.15, 0.2) is 66.7 Å². The van der Waals surface area contributed by atoms with Crippen molar-refractivity contribution < 1.29 is 56.9 Å². The first-order valence-corrected chi connectivity index (χ1v) is 26.5. The molecule has 0 spiro atoms. The van der Waals surface area contributed by atoms with E-state index >= 15 is 0 Å². The molecule has 22 heteroatoms. The summed E-state index contributed by atoms with van der Waals surface area (Å²) in [5, 5.41) is 30.8. The van der Waals surface area contributed by atoms with Gasteiger partial charge in [0.15, 0.2) is 17.2 Å². The molecule has 5 aliphatic rings. The van der Waals surface area contributed by atoms with E-state index in [1.54, 1.807) is 60.7 Å². The summed E-state index contributed by atoms with van der Waals surface area (Å²) in [6.45, 7) is 4.49. The number of nitrogens with zero attached hydrogens (tertiary/aromatic N) is 3. The average molecular weight is 1040 g/mol. The van der Waals surface area contributed by atoms with Gasteiger partial charge in [-0.05, 0) is 105 Å². The number of fused-ring (bicyclic) bond motifs is 2. The van der Waals surface area contributed by atoms with E-state index in [9.17, 15) is 47.1 Å². The molecule has 4 aliphatic heterocycles. The molecule has 0 radical (unpaired) electrons. The number of benzene rings is 3. The number of hydrogen-bond acceptors (Lipinski definition) is 13. The molecule has 4 aromatic rings. The molecule has 380 valence electrons.